The third-order valence-corrected chi connectivity index (χ3v) is 8.77. The molecule has 2 fully saturated rings. The molecule has 1 saturated carbocycles. The van der Waals surface area contributed by atoms with Gasteiger partial charge in [-0.2, -0.15) is 0 Å². The van der Waals surface area contributed by atoms with Crippen LogP contribution in [0, 0.1) is 23.0 Å². The number of nitro groups is 1. The molecule has 1 aliphatic carbocycles. The van der Waals surface area contributed by atoms with Gasteiger partial charge in [-0.3, -0.25) is 19.8 Å². The van der Waals surface area contributed by atoms with E-state index in [1.165, 1.54) is 11.6 Å². The van der Waals surface area contributed by atoms with Crippen molar-refractivity contribution >= 4 is 17.2 Å². The number of carbonyl (C=O) groups excluding carboxylic acids is 1. The van der Waals surface area contributed by atoms with Gasteiger partial charge in [-0.05, 0) is 49.4 Å². The van der Waals surface area contributed by atoms with Crippen molar-refractivity contribution < 1.29 is 14.5 Å². The van der Waals surface area contributed by atoms with Crippen LogP contribution in [0.25, 0.3) is 28.0 Å². The second-order valence-corrected chi connectivity index (χ2v) is 11.6. The number of pyridine rings is 1. The first-order valence-corrected chi connectivity index (χ1v) is 14.8. The van der Waals surface area contributed by atoms with Crippen LogP contribution in [0.3, 0.4) is 0 Å². The molecule has 0 spiro atoms. The van der Waals surface area contributed by atoms with E-state index in [1.54, 1.807) is 19.2 Å². The quantitative estimate of drug-likeness (QED) is 0.209. The second kappa shape index (κ2) is 12.0. The van der Waals surface area contributed by atoms with E-state index in [0.29, 0.717) is 19.6 Å². The van der Waals surface area contributed by atoms with Crippen LogP contribution in [0.5, 0.6) is 0 Å². The van der Waals surface area contributed by atoms with E-state index in [0.717, 1.165) is 72.5 Å². The van der Waals surface area contributed by atoms with Gasteiger partial charge in [0.05, 0.1) is 22.4 Å². The minimum Gasteiger partial charge on any atom is -0.381 e. The SMILES string of the molecule is CO[C@@H]1CCC[C@H](C(=O)N2CCN(Cc3c(-c4cccc([N+](=O)[O-])c4)nc4ccc(-c5cccc(C)c5)cn34)CC2)C1. The monoisotopic (exact) mass is 567 g/mol. The Balaban J connectivity index is 1.28. The van der Waals surface area contributed by atoms with Crippen molar-refractivity contribution in [2.75, 3.05) is 33.3 Å². The Morgan fingerprint density at radius 2 is 1.79 bits per heavy atom. The van der Waals surface area contributed by atoms with Gasteiger partial charge in [0, 0.05) is 69.6 Å². The standard InChI is InChI=1S/C33H37N5O4/c1-23-6-3-7-24(18-23)27-12-13-31-34-32(25-8-4-10-28(19-25)38(40)41)30(37(31)21-27)22-35-14-16-36(17-15-35)33(39)26-9-5-11-29(20-26)42-2/h3-4,6-8,10,12-13,18-19,21,26,29H,5,9,11,14-17,20,22H2,1-2H3/t26-,29+/m0/s1. The second-order valence-electron chi connectivity index (χ2n) is 11.6. The maximum atomic E-state index is 13.3. The Labute approximate surface area is 245 Å². The van der Waals surface area contributed by atoms with Crippen molar-refractivity contribution in [1.29, 1.82) is 0 Å². The summed E-state index contributed by atoms with van der Waals surface area (Å²) in [5, 5.41) is 11.6. The molecule has 218 valence electrons. The minimum absolute atomic E-state index is 0.0431. The van der Waals surface area contributed by atoms with Gasteiger partial charge in [0.15, 0.2) is 0 Å². The van der Waals surface area contributed by atoms with E-state index in [4.69, 9.17) is 9.72 Å². The van der Waals surface area contributed by atoms with Crippen LogP contribution < -0.4 is 0 Å². The Morgan fingerprint density at radius 1 is 1.00 bits per heavy atom. The molecule has 42 heavy (non-hydrogen) atoms. The highest BCUT2D eigenvalue weighted by atomic mass is 16.6. The average Bonchev–Trinajstić information content (AvgIpc) is 3.38. The molecule has 3 heterocycles. The molecule has 2 aliphatic rings. The molecule has 2 atom stereocenters. The van der Waals surface area contributed by atoms with Crippen molar-refractivity contribution in [3.63, 3.8) is 0 Å². The number of hydrogen-bond donors (Lipinski definition) is 0. The third kappa shape index (κ3) is 5.80. The summed E-state index contributed by atoms with van der Waals surface area (Å²) in [6.45, 7) is 5.58. The predicted octanol–water partition coefficient (Wildman–Crippen LogP) is 5.73. The zero-order valence-electron chi connectivity index (χ0n) is 24.2. The van der Waals surface area contributed by atoms with E-state index in [1.807, 2.05) is 17.0 Å². The first-order valence-electron chi connectivity index (χ1n) is 14.8. The molecule has 9 nitrogen and oxygen atoms in total. The number of piperazine rings is 1. The summed E-state index contributed by atoms with van der Waals surface area (Å²) in [6.07, 6.45) is 6.12. The number of amides is 1. The van der Waals surface area contributed by atoms with Crippen LogP contribution in [0.4, 0.5) is 5.69 Å². The molecular formula is C33H37N5O4. The smallest absolute Gasteiger partial charge is 0.270 e. The minimum atomic E-state index is -0.369. The van der Waals surface area contributed by atoms with E-state index in [-0.39, 0.29) is 28.5 Å². The van der Waals surface area contributed by atoms with Crippen LogP contribution in [0.2, 0.25) is 0 Å². The normalized spacial score (nSPS) is 19.7. The highest BCUT2D eigenvalue weighted by Crippen LogP contribution is 2.32. The molecule has 4 aromatic rings. The topological polar surface area (TPSA) is 93.2 Å². The highest BCUT2D eigenvalue weighted by Gasteiger charge is 2.32. The van der Waals surface area contributed by atoms with Crippen molar-refractivity contribution in [3.8, 4) is 22.4 Å². The lowest BCUT2D eigenvalue weighted by Crippen LogP contribution is -2.50. The summed E-state index contributed by atoms with van der Waals surface area (Å²) >= 11 is 0. The van der Waals surface area contributed by atoms with E-state index < -0.39 is 0 Å². The Hall–Kier alpha value is -4.08. The molecule has 2 aromatic carbocycles. The molecule has 9 heteroatoms. The molecule has 1 saturated heterocycles. The molecule has 6 rings (SSSR count). The summed E-state index contributed by atoms with van der Waals surface area (Å²) in [5.74, 6) is 0.306. The molecule has 1 aliphatic heterocycles. The number of carbonyl (C=O) groups is 1. The van der Waals surface area contributed by atoms with Crippen molar-refractivity contribution in [2.24, 2.45) is 5.92 Å². The van der Waals surface area contributed by atoms with E-state index in [9.17, 15) is 14.9 Å². The fourth-order valence-corrected chi connectivity index (χ4v) is 6.42. The average molecular weight is 568 g/mol. The van der Waals surface area contributed by atoms with Gasteiger partial charge in [0.1, 0.15) is 5.65 Å². The van der Waals surface area contributed by atoms with Crippen LogP contribution in [0.1, 0.15) is 36.9 Å². The first-order chi connectivity index (χ1) is 20.4. The van der Waals surface area contributed by atoms with Crippen molar-refractivity contribution in [3.05, 3.63) is 88.2 Å². The molecule has 0 N–H and O–H groups in total. The van der Waals surface area contributed by atoms with Crippen LogP contribution in [0.15, 0.2) is 66.9 Å². The van der Waals surface area contributed by atoms with Gasteiger partial charge in [-0.25, -0.2) is 4.98 Å². The lowest BCUT2D eigenvalue weighted by atomic mass is 9.86. The number of nitrogens with zero attached hydrogens (tertiary/aromatic N) is 5. The van der Waals surface area contributed by atoms with Crippen LogP contribution in [-0.4, -0.2) is 69.4 Å². The number of aryl methyl sites for hydroxylation is 1. The van der Waals surface area contributed by atoms with Gasteiger partial charge in [-0.1, -0.05) is 48.4 Å². The summed E-state index contributed by atoms with van der Waals surface area (Å²) in [4.78, 5) is 33.8. The molecule has 0 bridgehead atoms. The molecular weight excluding hydrogens is 530 g/mol. The summed E-state index contributed by atoms with van der Waals surface area (Å²) in [5.41, 5.74) is 6.67. The van der Waals surface area contributed by atoms with Gasteiger partial charge in [0.2, 0.25) is 5.91 Å². The molecule has 0 radical (unpaired) electrons. The number of non-ortho nitro benzene ring substituents is 1. The summed E-state index contributed by atoms with van der Waals surface area (Å²) < 4.78 is 7.68. The number of ether oxygens (including phenoxy) is 1. The molecule has 2 aromatic heterocycles. The van der Waals surface area contributed by atoms with Crippen molar-refractivity contribution in [1.82, 2.24) is 19.2 Å². The van der Waals surface area contributed by atoms with Gasteiger partial charge in [-0.15, -0.1) is 0 Å². The Morgan fingerprint density at radius 3 is 2.55 bits per heavy atom. The number of imidazole rings is 1. The fourth-order valence-electron chi connectivity index (χ4n) is 6.42. The fraction of sp³-hybridized carbons (Fsp3) is 0.394. The number of rotatable bonds is 7. The highest BCUT2D eigenvalue weighted by molar-refractivity contribution is 5.79. The van der Waals surface area contributed by atoms with E-state index in [2.05, 4.69) is 52.8 Å². The number of methoxy groups -OCH3 is 1. The molecule has 0 unspecified atom stereocenters. The lowest BCUT2D eigenvalue weighted by Gasteiger charge is -2.38. The Bertz CT molecular complexity index is 1610. The Kier molecular flexibility index (Phi) is 8.04. The van der Waals surface area contributed by atoms with Crippen LogP contribution >= 0.6 is 0 Å². The zero-order valence-corrected chi connectivity index (χ0v) is 24.2. The number of aromatic nitrogens is 2. The zero-order chi connectivity index (χ0) is 29.2. The summed E-state index contributed by atoms with van der Waals surface area (Å²) in [6, 6.07) is 19.2. The third-order valence-electron chi connectivity index (χ3n) is 8.77. The molecule has 1 amide bonds. The van der Waals surface area contributed by atoms with Gasteiger partial charge in [0.25, 0.3) is 5.69 Å². The van der Waals surface area contributed by atoms with Gasteiger partial charge >= 0.3 is 0 Å². The van der Waals surface area contributed by atoms with E-state index >= 15 is 0 Å². The maximum absolute atomic E-state index is 13.3. The number of hydrogen-bond acceptors (Lipinski definition) is 6. The summed E-state index contributed by atoms with van der Waals surface area (Å²) in [7, 11) is 1.74. The number of benzene rings is 2. The lowest BCUT2D eigenvalue weighted by molar-refractivity contribution is -0.384. The number of fused-ring (bicyclic) bond motifs is 1. The van der Waals surface area contributed by atoms with Gasteiger partial charge < -0.3 is 14.0 Å². The maximum Gasteiger partial charge on any atom is 0.270 e. The van der Waals surface area contributed by atoms with Crippen LogP contribution in [-0.2, 0) is 16.1 Å². The predicted molar refractivity (Wildman–Crippen MR) is 162 cm³/mol. The number of nitro benzene ring substituents is 1. The first kappa shape index (κ1) is 28.1. The largest absolute Gasteiger partial charge is 0.381 e. The van der Waals surface area contributed by atoms with Crippen molar-refractivity contribution in [2.45, 2.75) is 45.3 Å².